The van der Waals surface area contributed by atoms with Gasteiger partial charge in [-0.15, -0.1) is 11.3 Å². The van der Waals surface area contributed by atoms with Gasteiger partial charge in [0.2, 0.25) is 0 Å². The van der Waals surface area contributed by atoms with Crippen molar-refractivity contribution in [2.24, 2.45) is 0 Å². The molecule has 2 aromatic rings. The van der Waals surface area contributed by atoms with E-state index < -0.39 is 11.6 Å². The fourth-order valence-corrected chi connectivity index (χ4v) is 2.35. The lowest BCUT2D eigenvalue weighted by Gasteiger charge is -1.99. The zero-order valence-corrected chi connectivity index (χ0v) is 9.44. The van der Waals surface area contributed by atoms with Crippen molar-refractivity contribution in [1.29, 1.82) is 0 Å². The van der Waals surface area contributed by atoms with Gasteiger partial charge in [0.1, 0.15) is 16.6 Å². The quantitative estimate of drug-likeness (QED) is 0.892. The van der Waals surface area contributed by atoms with Crippen LogP contribution in [-0.4, -0.2) is 12.0 Å². The normalized spacial score (nSPS) is 10.7. The Kier molecular flexibility index (Phi) is 3.26. The molecule has 0 aliphatic carbocycles. The van der Waals surface area contributed by atoms with Crippen LogP contribution in [0.2, 0.25) is 0 Å². The second-order valence-corrected chi connectivity index (χ2v) is 4.37. The number of halogens is 2. The molecule has 1 aromatic carbocycles. The molecule has 2 nitrogen and oxygen atoms in total. The Hall–Kier alpha value is -1.33. The Balaban J connectivity index is 2.42. The van der Waals surface area contributed by atoms with Gasteiger partial charge in [-0.2, -0.15) is 0 Å². The molecule has 1 heterocycles. The number of rotatable bonds is 3. The smallest absolute Gasteiger partial charge is 0.136 e. The Morgan fingerprint density at radius 3 is 2.62 bits per heavy atom. The van der Waals surface area contributed by atoms with Crippen LogP contribution in [0.1, 0.15) is 4.88 Å². The maximum Gasteiger partial charge on any atom is 0.136 e. The highest BCUT2D eigenvalue weighted by molar-refractivity contribution is 7.15. The molecule has 2 rings (SSSR count). The summed E-state index contributed by atoms with van der Waals surface area (Å²) in [6.07, 6.45) is 1.63. The molecule has 5 heteroatoms. The standard InChI is InChI=1S/C11H10F2N2S/c1-14-5-7-6-15-11(16-7)10-8(12)3-2-4-9(10)13/h2-4,6,14H,5H2,1H3. The topological polar surface area (TPSA) is 24.9 Å². The summed E-state index contributed by atoms with van der Waals surface area (Å²) in [7, 11) is 1.81. The minimum Gasteiger partial charge on any atom is -0.315 e. The van der Waals surface area contributed by atoms with E-state index in [9.17, 15) is 8.78 Å². The van der Waals surface area contributed by atoms with E-state index in [1.165, 1.54) is 29.5 Å². The van der Waals surface area contributed by atoms with Gasteiger partial charge in [-0.1, -0.05) is 6.07 Å². The Bertz CT molecular complexity index is 476. The maximum atomic E-state index is 13.4. The molecule has 0 saturated heterocycles. The van der Waals surface area contributed by atoms with Crippen LogP contribution in [0, 0.1) is 11.6 Å². The van der Waals surface area contributed by atoms with E-state index in [-0.39, 0.29) is 5.56 Å². The van der Waals surface area contributed by atoms with Crippen LogP contribution in [0.5, 0.6) is 0 Å². The first-order chi connectivity index (χ1) is 7.72. The van der Waals surface area contributed by atoms with Gasteiger partial charge in [0.05, 0.1) is 5.56 Å². The lowest BCUT2D eigenvalue weighted by atomic mass is 10.2. The molecular weight excluding hydrogens is 230 g/mol. The predicted molar refractivity (Wildman–Crippen MR) is 60.2 cm³/mol. The van der Waals surface area contributed by atoms with Gasteiger partial charge in [-0.05, 0) is 19.2 Å². The molecule has 1 aromatic heterocycles. The molecule has 0 saturated carbocycles. The third kappa shape index (κ3) is 2.10. The van der Waals surface area contributed by atoms with Crippen LogP contribution >= 0.6 is 11.3 Å². The molecule has 0 bridgehead atoms. The van der Waals surface area contributed by atoms with E-state index in [0.29, 0.717) is 11.6 Å². The molecule has 0 spiro atoms. The lowest BCUT2D eigenvalue weighted by molar-refractivity contribution is 0.589. The molecule has 84 valence electrons. The second-order valence-electron chi connectivity index (χ2n) is 3.26. The summed E-state index contributed by atoms with van der Waals surface area (Å²) in [5.74, 6) is -1.16. The third-order valence-corrected chi connectivity index (χ3v) is 3.10. The molecule has 0 atom stereocenters. The average molecular weight is 240 g/mol. The molecule has 0 unspecified atom stereocenters. The lowest BCUT2D eigenvalue weighted by Crippen LogP contribution is -2.02. The zero-order valence-electron chi connectivity index (χ0n) is 8.63. The van der Waals surface area contributed by atoms with Crippen molar-refractivity contribution in [2.75, 3.05) is 7.05 Å². The number of benzene rings is 1. The first-order valence-corrected chi connectivity index (χ1v) is 5.57. The highest BCUT2D eigenvalue weighted by Gasteiger charge is 2.14. The van der Waals surface area contributed by atoms with Crippen molar-refractivity contribution >= 4 is 11.3 Å². The van der Waals surface area contributed by atoms with Gasteiger partial charge in [0.25, 0.3) is 0 Å². The monoisotopic (exact) mass is 240 g/mol. The number of aromatic nitrogens is 1. The minimum absolute atomic E-state index is 0.0464. The number of nitrogens with zero attached hydrogens (tertiary/aromatic N) is 1. The van der Waals surface area contributed by atoms with Gasteiger partial charge in [-0.3, -0.25) is 0 Å². The summed E-state index contributed by atoms with van der Waals surface area (Å²) in [6.45, 7) is 0.647. The van der Waals surface area contributed by atoms with Gasteiger partial charge in [0.15, 0.2) is 0 Å². The molecule has 0 fully saturated rings. The average Bonchev–Trinajstić information content (AvgIpc) is 2.67. The van der Waals surface area contributed by atoms with Crippen LogP contribution in [0.4, 0.5) is 8.78 Å². The molecule has 0 amide bonds. The van der Waals surface area contributed by atoms with E-state index in [1.807, 2.05) is 7.05 Å². The first kappa shape index (κ1) is 11.2. The van der Waals surface area contributed by atoms with Crippen molar-refractivity contribution in [3.63, 3.8) is 0 Å². The predicted octanol–water partition coefficient (Wildman–Crippen LogP) is 2.81. The van der Waals surface area contributed by atoms with Crippen molar-refractivity contribution in [3.05, 3.63) is 40.9 Å². The van der Waals surface area contributed by atoms with Crippen molar-refractivity contribution in [2.45, 2.75) is 6.54 Å². The summed E-state index contributed by atoms with van der Waals surface area (Å²) < 4.78 is 26.9. The zero-order chi connectivity index (χ0) is 11.5. The van der Waals surface area contributed by atoms with E-state index >= 15 is 0 Å². The van der Waals surface area contributed by atoms with Crippen LogP contribution in [0.15, 0.2) is 24.4 Å². The van der Waals surface area contributed by atoms with Gasteiger partial charge >= 0.3 is 0 Å². The van der Waals surface area contributed by atoms with E-state index in [4.69, 9.17) is 0 Å². The van der Waals surface area contributed by atoms with Crippen molar-refractivity contribution in [3.8, 4) is 10.6 Å². The fourth-order valence-electron chi connectivity index (χ4n) is 1.38. The van der Waals surface area contributed by atoms with Gasteiger partial charge in [0, 0.05) is 17.6 Å². The summed E-state index contributed by atoms with van der Waals surface area (Å²) in [6, 6.07) is 3.81. The minimum atomic E-state index is -0.578. The molecular formula is C11H10F2N2S. The number of thiazole rings is 1. The fraction of sp³-hybridized carbons (Fsp3) is 0.182. The van der Waals surface area contributed by atoms with Crippen LogP contribution in [0.25, 0.3) is 10.6 Å². The molecule has 0 aliphatic heterocycles. The molecule has 0 aliphatic rings. The summed E-state index contributed by atoms with van der Waals surface area (Å²) in [4.78, 5) is 4.97. The van der Waals surface area contributed by atoms with Crippen LogP contribution < -0.4 is 5.32 Å². The third-order valence-electron chi connectivity index (χ3n) is 2.08. The van der Waals surface area contributed by atoms with E-state index in [0.717, 1.165) is 4.88 Å². The Labute approximate surface area is 96.0 Å². The molecule has 0 radical (unpaired) electrons. The highest BCUT2D eigenvalue weighted by Crippen LogP contribution is 2.29. The SMILES string of the molecule is CNCc1cnc(-c2c(F)cccc2F)s1. The highest BCUT2D eigenvalue weighted by atomic mass is 32.1. The number of nitrogens with one attached hydrogen (secondary N) is 1. The summed E-state index contributed by atoms with van der Waals surface area (Å²) in [5.41, 5.74) is -0.0464. The maximum absolute atomic E-state index is 13.4. The van der Waals surface area contributed by atoms with Crippen LogP contribution in [0.3, 0.4) is 0 Å². The van der Waals surface area contributed by atoms with Gasteiger partial charge < -0.3 is 5.32 Å². The number of hydrogen-bond donors (Lipinski definition) is 1. The Morgan fingerprint density at radius 2 is 2.00 bits per heavy atom. The molecule has 1 N–H and O–H groups in total. The second kappa shape index (κ2) is 4.67. The number of hydrogen-bond acceptors (Lipinski definition) is 3. The first-order valence-electron chi connectivity index (χ1n) is 4.76. The van der Waals surface area contributed by atoms with Crippen molar-refractivity contribution in [1.82, 2.24) is 10.3 Å². The Morgan fingerprint density at radius 1 is 1.31 bits per heavy atom. The van der Waals surface area contributed by atoms with Crippen molar-refractivity contribution < 1.29 is 8.78 Å². The van der Waals surface area contributed by atoms with E-state index in [1.54, 1.807) is 6.20 Å². The summed E-state index contributed by atoms with van der Waals surface area (Å²) in [5, 5.41) is 3.34. The summed E-state index contributed by atoms with van der Waals surface area (Å²) >= 11 is 1.29. The van der Waals surface area contributed by atoms with Crippen LogP contribution in [-0.2, 0) is 6.54 Å². The van der Waals surface area contributed by atoms with Gasteiger partial charge in [-0.25, -0.2) is 13.8 Å². The molecule has 16 heavy (non-hydrogen) atoms. The van der Waals surface area contributed by atoms with E-state index in [2.05, 4.69) is 10.3 Å². The largest absolute Gasteiger partial charge is 0.315 e.